The minimum Gasteiger partial charge on any atom is -0.374 e. The first-order valence-electron chi connectivity index (χ1n) is 7.53. The second kappa shape index (κ2) is 7.11. The summed E-state index contributed by atoms with van der Waals surface area (Å²) in [4.78, 5) is 25.4. The number of likely N-dealkylation sites (tertiary alicyclic amines) is 1. The summed E-state index contributed by atoms with van der Waals surface area (Å²) in [6.45, 7) is 3.58. The average molecular weight is 289 g/mol. The lowest BCUT2D eigenvalue weighted by molar-refractivity contribution is -0.131. The SMILES string of the molecule is CC(Nc1ccc(C(N)=O)cc1)C(=O)N1CCCCCC1. The first kappa shape index (κ1) is 15.4. The molecule has 1 unspecified atom stereocenters. The van der Waals surface area contributed by atoms with Crippen molar-refractivity contribution in [2.75, 3.05) is 18.4 Å². The molecule has 1 aliphatic heterocycles. The number of anilines is 1. The molecule has 5 heteroatoms. The van der Waals surface area contributed by atoms with E-state index in [2.05, 4.69) is 5.32 Å². The monoisotopic (exact) mass is 289 g/mol. The number of hydrogen-bond donors (Lipinski definition) is 2. The molecule has 114 valence electrons. The normalized spacial score (nSPS) is 16.9. The predicted molar refractivity (Wildman–Crippen MR) is 83.1 cm³/mol. The summed E-state index contributed by atoms with van der Waals surface area (Å²) in [5, 5.41) is 3.18. The number of carbonyl (C=O) groups excluding carboxylic acids is 2. The van der Waals surface area contributed by atoms with Crippen molar-refractivity contribution < 1.29 is 9.59 Å². The van der Waals surface area contributed by atoms with Gasteiger partial charge in [0.1, 0.15) is 6.04 Å². The molecular formula is C16H23N3O2. The summed E-state index contributed by atoms with van der Waals surface area (Å²) >= 11 is 0. The van der Waals surface area contributed by atoms with Gasteiger partial charge in [-0.2, -0.15) is 0 Å². The molecule has 0 spiro atoms. The van der Waals surface area contributed by atoms with Crippen molar-refractivity contribution in [2.24, 2.45) is 5.73 Å². The third kappa shape index (κ3) is 4.21. The van der Waals surface area contributed by atoms with E-state index in [1.54, 1.807) is 24.3 Å². The number of nitrogens with zero attached hydrogens (tertiary/aromatic N) is 1. The zero-order valence-corrected chi connectivity index (χ0v) is 12.5. The van der Waals surface area contributed by atoms with Gasteiger partial charge in [0, 0.05) is 24.3 Å². The molecule has 0 aromatic heterocycles. The van der Waals surface area contributed by atoms with Crippen molar-refractivity contribution in [3.63, 3.8) is 0 Å². The first-order chi connectivity index (χ1) is 10.1. The number of carbonyl (C=O) groups is 2. The first-order valence-corrected chi connectivity index (χ1v) is 7.53. The van der Waals surface area contributed by atoms with Crippen molar-refractivity contribution in [2.45, 2.75) is 38.6 Å². The second-order valence-corrected chi connectivity index (χ2v) is 5.55. The third-order valence-corrected chi connectivity index (χ3v) is 3.84. The molecule has 3 N–H and O–H groups in total. The van der Waals surface area contributed by atoms with Crippen LogP contribution in [0, 0.1) is 0 Å². The van der Waals surface area contributed by atoms with Crippen LogP contribution in [0.15, 0.2) is 24.3 Å². The van der Waals surface area contributed by atoms with Crippen LogP contribution in [0.4, 0.5) is 5.69 Å². The Morgan fingerprint density at radius 2 is 1.67 bits per heavy atom. The molecule has 2 rings (SSSR count). The molecule has 1 atom stereocenters. The van der Waals surface area contributed by atoms with E-state index >= 15 is 0 Å². The maximum Gasteiger partial charge on any atom is 0.248 e. The van der Waals surface area contributed by atoms with E-state index in [0.717, 1.165) is 31.6 Å². The van der Waals surface area contributed by atoms with Crippen molar-refractivity contribution >= 4 is 17.5 Å². The van der Waals surface area contributed by atoms with Gasteiger partial charge in [0.05, 0.1) is 0 Å². The minimum atomic E-state index is -0.449. The van der Waals surface area contributed by atoms with Gasteiger partial charge in [-0.3, -0.25) is 9.59 Å². The standard InChI is InChI=1S/C16H23N3O2/c1-12(16(21)19-10-4-2-3-5-11-19)18-14-8-6-13(7-9-14)15(17)20/h6-9,12,18H,2-5,10-11H2,1H3,(H2,17,20). The lowest BCUT2D eigenvalue weighted by Crippen LogP contribution is -2.41. The molecule has 0 saturated carbocycles. The number of primary amides is 1. The molecule has 1 fully saturated rings. The Balaban J connectivity index is 1.94. The van der Waals surface area contributed by atoms with Crippen LogP contribution in [0.1, 0.15) is 43.0 Å². The fourth-order valence-corrected chi connectivity index (χ4v) is 2.61. The molecule has 0 bridgehead atoms. The van der Waals surface area contributed by atoms with Crippen molar-refractivity contribution in [1.82, 2.24) is 4.90 Å². The van der Waals surface area contributed by atoms with E-state index in [4.69, 9.17) is 5.73 Å². The summed E-state index contributed by atoms with van der Waals surface area (Å²) in [6, 6.07) is 6.59. The molecule has 1 heterocycles. The smallest absolute Gasteiger partial charge is 0.248 e. The van der Waals surface area contributed by atoms with E-state index < -0.39 is 5.91 Å². The van der Waals surface area contributed by atoms with E-state index in [1.807, 2.05) is 11.8 Å². The molecule has 1 aromatic carbocycles. The Bertz CT molecular complexity index is 491. The summed E-state index contributed by atoms with van der Waals surface area (Å²) in [7, 11) is 0. The number of hydrogen-bond acceptors (Lipinski definition) is 3. The van der Waals surface area contributed by atoms with Gasteiger partial charge in [0.2, 0.25) is 11.8 Å². The van der Waals surface area contributed by atoms with Crippen LogP contribution in [-0.4, -0.2) is 35.8 Å². The molecule has 2 amide bonds. The van der Waals surface area contributed by atoms with Crippen molar-refractivity contribution in [1.29, 1.82) is 0 Å². The molecule has 21 heavy (non-hydrogen) atoms. The fraction of sp³-hybridized carbons (Fsp3) is 0.500. The van der Waals surface area contributed by atoms with Crippen LogP contribution in [0.2, 0.25) is 0 Å². The van der Waals surface area contributed by atoms with Gasteiger partial charge in [-0.1, -0.05) is 12.8 Å². The quantitative estimate of drug-likeness (QED) is 0.890. The summed E-state index contributed by atoms with van der Waals surface area (Å²) in [6.07, 6.45) is 4.60. The van der Waals surface area contributed by atoms with Gasteiger partial charge in [-0.15, -0.1) is 0 Å². The van der Waals surface area contributed by atoms with Gasteiger partial charge >= 0.3 is 0 Å². The molecule has 1 aromatic rings. The van der Waals surface area contributed by atoms with Crippen LogP contribution < -0.4 is 11.1 Å². The maximum absolute atomic E-state index is 12.4. The largest absolute Gasteiger partial charge is 0.374 e. The van der Waals surface area contributed by atoms with Gasteiger partial charge in [-0.05, 0) is 44.0 Å². The second-order valence-electron chi connectivity index (χ2n) is 5.55. The van der Waals surface area contributed by atoms with Gasteiger partial charge in [0.15, 0.2) is 0 Å². The molecule has 0 radical (unpaired) electrons. The average Bonchev–Trinajstić information content (AvgIpc) is 2.76. The summed E-state index contributed by atoms with van der Waals surface area (Å²) < 4.78 is 0. The van der Waals surface area contributed by atoms with Gasteiger partial charge in [-0.25, -0.2) is 0 Å². The Labute approximate surface area is 125 Å². The zero-order valence-electron chi connectivity index (χ0n) is 12.5. The lowest BCUT2D eigenvalue weighted by atomic mass is 10.2. The van der Waals surface area contributed by atoms with Crippen LogP contribution >= 0.6 is 0 Å². The summed E-state index contributed by atoms with van der Waals surface area (Å²) in [5.74, 6) is -0.314. The third-order valence-electron chi connectivity index (χ3n) is 3.84. The Hall–Kier alpha value is -2.04. The number of nitrogens with two attached hydrogens (primary N) is 1. The zero-order chi connectivity index (χ0) is 15.2. The van der Waals surface area contributed by atoms with Gasteiger partial charge in [0.25, 0.3) is 0 Å². The van der Waals surface area contributed by atoms with Crippen LogP contribution in [-0.2, 0) is 4.79 Å². The number of nitrogens with one attached hydrogen (secondary N) is 1. The highest BCUT2D eigenvalue weighted by molar-refractivity contribution is 5.93. The molecular weight excluding hydrogens is 266 g/mol. The Kier molecular flexibility index (Phi) is 5.20. The van der Waals surface area contributed by atoms with E-state index in [9.17, 15) is 9.59 Å². The Morgan fingerprint density at radius 1 is 1.10 bits per heavy atom. The number of benzene rings is 1. The van der Waals surface area contributed by atoms with Crippen LogP contribution in [0.3, 0.4) is 0 Å². The van der Waals surface area contributed by atoms with Crippen LogP contribution in [0.5, 0.6) is 0 Å². The highest BCUT2D eigenvalue weighted by Gasteiger charge is 2.21. The van der Waals surface area contributed by atoms with E-state index in [0.29, 0.717) is 5.56 Å². The number of amides is 2. The minimum absolute atomic E-state index is 0.135. The lowest BCUT2D eigenvalue weighted by Gasteiger charge is -2.25. The van der Waals surface area contributed by atoms with Crippen molar-refractivity contribution in [3.8, 4) is 0 Å². The van der Waals surface area contributed by atoms with E-state index in [1.165, 1.54) is 12.8 Å². The maximum atomic E-state index is 12.4. The highest BCUT2D eigenvalue weighted by atomic mass is 16.2. The molecule has 1 saturated heterocycles. The summed E-state index contributed by atoms with van der Waals surface area (Å²) in [5.41, 5.74) is 6.49. The predicted octanol–water partition coefficient (Wildman–Crippen LogP) is 1.99. The highest BCUT2D eigenvalue weighted by Crippen LogP contribution is 2.14. The van der Waals surface area contributed by atoms with E-state index in [-0.39, 0.29) is 11.9 Å². The fourth-order valence-electron chi connectivity index (χ4n) is 2.61. The van der Waals surface area contributed by atoms with Gasteiger partial charge < -0.3 is 16.0 Å². The molecule has 1 aliphatic rings. The molecule has 5 nitrogen and oxygen atoms in total. The molecule has 0 aliphatic carbocycles. The number of rotatable bonds is 4. The van der Waals surface area contributed by atoms with Crippen LogP contribution in [0.25, 0.3) is 0 Å². The topological polar surface area (TPSA) is 75.4 Å². The van der Waals surface area contributed by atoms with Crippen molar-refractivity contribution in [3.05, 3.63) is 29.8 Å². The Morgan fingerprint density at radius 3 is 2.19 bits per heavy atom.